The number of amides is 1. The summed E-state index contributed by atoms with van der Waals surface area (Å²) in [5.74, 6) is -1.54. The summed E-state index contributed by atoms with van der Waals surface area (Å²) in [4.78, 5) is 29.7. The molecular formula is C28H23ClF6N4O3. The Labute approximate surface area is 240 Å². The van der Waals surface area contributed by atoms with Crippen LogP contribution in [0.25, 0.3) is 22.4 Å². The third-order valence-electron chi connectivity index (χ3n) is 6.33. The first-order valence-corrected chi connectivity index (χ1v) is 12.7. The van der Waals surface area contributed by atoms with Gasteiger partial charge in [-0.05, 0) is 60.2 Å². The number of rotatable bonds is 8. The van der Waals surface area contributed by atoms with E-state index in [2.05, 4.69) is 10.3 Å². The Morgan fingerprint density at radius 1 is 0.952 bits per heavy atom. The highest BCUT2D eigenvalue weighted by atomic mass is 35.5. The van der Waals surface area contributed by atoms with E-state index in [4.69, 9.17) is 16.7 Å². The minimum atomic E-state index is -5.02. The van der Waals surface area contributed by atoms with E-state index in [1.807, 2.05) is 0 Å². The van der Waals surface area contributed by atoms with Crippen LogP contribution in [-0.2, 0) is 23.7 Å². The van der Waals surface area contributed by atoms with Gasteiger partial charge in [-0.1, -0.05) is 11.6 Å². The van der Waals surface area contributed by atoms with Crippen LogP contribution in [0.4, 0.5) is 32.0 Å². The number of benzene rings is 3. The zero-order valence-electron chi connectivity index (χ0n) is 22.1. The third kappa shape index (κ3) is 6.78. The number of imidazole rings is 1. The lowest BCUT2D eigenvalue weighted by Gasteiger charge is -2.17. The lowest BCUT2D eigenvalue weighted by molar-refractivity contribution is -0.143. The monoisotopic (exact) mass is 612 g/mol. The maximum atomic E-state index is 13.5. The minimum absolute atomic E-state index is 0.0581. The molecule has 14 heteroatoms. The van der Waals surface area contributed by atoms with Gasteiger partial charge in [0.25, 0.3) is 5.91 Å². The van der Waals surface area contributed by atoms with E-state index in [0.717, 1.165) is 5.69 Å². The largest absolute Gasteiger partial charge is 0.481 e. The van der Waals surface area contributed by atoms with Crippen molar-refractivity contribution in [1.29, 1.82) is 0 Å². The Morgan fingerprint density at radius 3 is 2.14 bits per heavy atom. The fourth-order valence-corrected chi connectivity index (χ4v) is 4.54. The molecule has 1 heterocycles. The fourth-order valence-electron chi connectivity index (χ4n) is 4.28. The molecule has 0 saturated carbocycles. The Bertz CT molecular complexity index is 1630. The summed E-state index contributed by atoms with van der Waals surface area (Å²) in [5.41, 5.74) is -1.45. The molecule has 0 unspecified atom stereocenters. The van der Waals surface area contributed by atoms with E-state index in [9.17, 15) is 35.9 Å². The molecule has 0 saturated heterocycles. The number of aliphatic carboxylic acids is 1. The molecule has 0 atom stereocenters. The summed E-state index contributed by atoms with van der Waals surface area (Å²) < 4.78 is 82.7. The van der Waals surface area contributed by atoms with Gasteiger partial charge in [-0.15, -0.1) is 0 Å². The van der Waals surface area contributed by atoms with Gasteiger partial charge in [0.05, 0.1) is 33.6 Å². The predicted octanol–water partition coefficient (Wildman–Crippen LogP) is 6.71. The lowest BCUT2D eigenvalue weighted by Crippen LogP contribution is -2.25. The predicted molar refractivity (Wildman–Crippen MR) is 145 cm³/mol. The summed E-state index contributed by atoms with van der Waals surface area (Å²) in [6.45, 7) is -0.564. The number of nitrogens with one attached hydrogen (secondary N) is 1. The van der Waals surface area contributed by atoms with Gasteiger partial charge in [0, 0.05) is 44.0 Å². The zero-order valence-corrected chi connectivity index (χ0v) is 22.8. The molecule has 0 radical (unpaired) electrons. The molecule has 0 aliphatic rings. The van der Waals surface area contributed by atoms with Crippen molar-refractivity contribution in [2.75, 3.05) is 25.5 Å². The van der Waals surface area contributed by atoms with Crippen LogP contribution in [0, 0.1) is 0 Å². The Kier molecular flexibility index (Phi) is 8.44. The van der Waals surface area contributed by atoms with E-state index in [0.29, 0.717) is 23.2 Å². The molecule has 0 spiro atoms. The number of carbonyl (C=O) groups is 2. The van der Waals surface area contributed by atoms with Crippen LogP contribution < -0.4 is 10.2 Å². The number of carboxylic acids is 1. The van der Waals surface area contributed by atoms with Gasteiger partial charge in [-0.2, -0.15) is 26.3 Å². The number of hydrogen-bond acceptors (Lipinski definition) is 4. The van der Waals surface area contributed by atoms with Crippen molar-refractivity contribution in [3.8, 4) is 11.4 Å². The molecule has 0 aliphatic heterocycles. The second-order valence-electron chi connectivity index (χ2n) is 9.60. The van der Waals surface area contributed by atoms with E-state index in [-0.39, 0.29) is 46.5 Å². The standard InChI is InChI=1S/C28H23ClF6N4O3/c1-38(2)19-4-5-20(21(29)13-19)25-37-22-11-16(26(42)36-8-7-24(40)41)3-6-23(22)39(25)14-15-9-17(27(30,31)32)12-18(10-15)28(33,34)35/h3-6,9-13H,7-8,14H2,1-2H3,(H,36,42)(H,40,41). The van der Waals surface area contributed by atoms with Crippen molar-refractivity contribution in [2.24, 2.45) is 0 Å². The molecular weight excluding hydrogens is 590 g/mol. The fraction of sp³-hybridized carbons (Fsp3) is 0.250. The molecule has 1 aromatic heterocycles. The molecule has 7 nitrogen and oxygen atoms in total. The number of hydrogen-bond donors (Lipinski definition) is 2. The normalized spacial score (nSPS) is 12.0. The van der Waals surface area contributed by atoms with Gasteiger partial charge in [-0.3, -0.25) is 9.59 Å². The van der Waals surface area contributed by atoms with Crippen LogP contribution in [0.3, 0.4) is 0 Å². The maximum absolute atomic E-state index is 13.5. The first-order valence-electron chi connectivity index (χ1n) is 12.3. The molecule has 4 rings (SSSR count). The number of nitrogens with zero attached hydrogens (tertiary/aromatic N) is 3. The van der Waals surface area contributed by atoms with Crippen molar-refractivity contribution < 1.29 is 41.0 Å². The smallest absolute Gasteiger partial charge is 0.416 e. The average Bonchev–Trinajstić information content (AvgIpc) is 3.24. The Hall–Kier alpha value is -4.26. The van der Waals surface area contributed by atoms with Crippen LogP contribution in [0.5, 0.6) is 0 Å². The van der Waals surface area contributed by atoms with Crippen molar-refractivity contribution in [3.63, 3.8) is 0 Å². The first kappa shape index (κ1) is 30.7. The molecule has 0 fully saturated rings. The average molecular weight is 613 g/mol. The number of anilines is 1. The van der Waals surface area contributed by atoms with Crippen LogP contribution in [0.1, 0.15) is 33.5 Å². The first-order chi connectivity index (χ1) is 19.5. The number of aromatic nitrogens is 2. The quantitative estimate of drug-likeness (QED) is 0.216. The number of carbonyl (C=O) groups excluding carboxylic acids is 1. The second kappa shape index (κ2) is 11.6. The maximum Gasteiger partial charge on any atom is 0.416 e. The highest BCUT2D eigenvalue weighted by Crippen LogP contribution is 2.38. The van der Waals surface area contributed by atoms with Gasteiger partial charge >= 0.3 is 18.3 Å². The number of halogens is 7. The molecule has 1 amide bonds. The van der Waals surface area contributed by atoms with Crippen LogP contribution in [-0.4, -0.2) is 47.2 Å². The van der Waals surface area contributed by atoms with Gasteiger partial charge in [0.1, 0.15) is 5.82 Å². The highest BCUT2D eigenvalue weighted by molar-refractivity contribution is 6.33. The van der Waals surface area contributed by atoms with Crippen molar-refractivity contribution in [1.82, 2.24) is 14.9 Å². The molecule has 4 aromatic rings. The van der Waals surface area contributed by atoms with Crippen molar-refractivity contribution >= 4 is 40.2 Å². The SMILES string of the molecule is CN(C)c1ccc(-c2nc3cc(C(=O)NCCC(=O)O)ccc3n2Cc2cc(C(F)(F)F)cc(C(F)(F)F)c2)c(Cl)c1. The molecule has 0 bridgehead atoms. The molecule has 3 aromatic carbocycles. The molecule has 2 N–H and O–H groups in total. The van der Waals surface area contributed by atoms with Crippen molar-refractivity contribution in [2.45, 2.75) is 25.3 Å². The molecule has 0 aliphatic carbocycles. The van der Waals surface area contributed by atoms with Gasteiger partial charge in [0.15, 0.2) is 0 Å². The number of alkyl halides is 6. The summed E-state index contributed by atoms with van der Waals surface area (Å²) in [6.07, 6.45) is -10.3. The third-order valence-corrected chi connectivity index (χ3v) is 6.65. The van der Waals surface area contributed by atoms with E-state index in [1.165, 1.54) is 22.8 Å². The topological polar surface area (TPSA) is 87.5 Å². The van der Waals surface area contributed by atoms with E-state index in [1.54, 1.807) is 37.2 Å². The van der Waals surface area contributed by atoms with Gasteiger partial charge in [-0.25, -0.2) is 4.98 Å². The minimum Gasteiger partial charge on any atom is -0.481 e. The van der Waals surface area contributed by atoms with Gasteiger partial charge in [0.2, 0.25) is 0 Å². The summed E-state index contributed by atoms with van der Waals surface area (Å²) in [6, 6.07) is 10.6. The molecule has 222 valence electrons. The Morgan fingerprint density at radius 2 is 1.60 bits per heavy atom. The Balaban J connectivity index is 1.87. The zero-order chi connectivity index (χ0) is 31.0. The number of carboxylic acid groups (broad SMARTS) is 1. The second-order valence-corrected chi connectivity index (χ2v) is 10.0. The van der Waals surface area contributed by atoms with Crippen LogP contribution in [0.2, 0.25) is 5.02 Å². The number of fused-ring (bicyclic) bond motifs is 1. The highest BCUT2D eigenvalue weighted by Gasteiger charge is 2.37. The van der Waals surface area contributed by atoms with E-state index < -0.39 is 41.9 Å². The lowest BCUT2D eigenvalue weighted by atomic mass is 10.0. The summed E-state index contributed by atoms with van der Waals surface area (Å²) in [5, 5.41) is 11.5. The van der Waals surface area contributed by atoms with Crippen molar-refractivity contribution in [3.05, 3.63) is 81.9 Å². The van der Waals surface area contributed by atoms with Crippen LogP contribution in [0.15, 0.2) is 54.6 Å². The van der Waals surface area contributed by atoms with Crippen LogP contribution >= 0.6 is 11.6 Å². The summed E-state index contributed by atoms with van der Waals surface area (Å²) >= 11 is 6.56. The molecule has 42 heavy (non-hydrogen) atoms. The summed E-state index contributed by atoms with van der Waals surface area (Å²) in [7, 11) is 3.57. The van der Waals surface area contributed by atoms with E-state index >= 15 is 0 Å². The van der Waals surface area contributed by atoms with Gasteiger partial charge < -0.3 is 19.9 Å².